The summed E-state index contributed by atoms with van der Waals surface area (Å²) in [5, 5.41) is 2.98. The van der Waals surface area contributed by atoms with Crippen LogP contribution in [0.1, 0.15) is 37.3 Å². The van der Waals surface area contributed by atoms with E-state index in [2.05, 4.69) is 5.32 Å². The summed E-state index contributed by atoms with van der Waals surface area (Å²) in [5.74, 6) is 2.73. The van der Waals surface area contributed by atoms with Gasteiger partial charge in [0.05, 0.1) is 13.2 Å². The molecule has 1 aliphatic rings. The summed E-state index contributed by atoms with van der Waals surface area (Å²) in [4.78, 5) is 12.5. The van der Waals surface area contributed by atoms with Crippen molar-refractivity contribution in [1.82, 2.24) is 0 Å². The molecule has 1 unspecified atom stereocenters. The standard InChI is InChI=1S/C25H25NO4/c1-3-28-23-14-21-20(15-25(27)26-22(21)16-24(23)29-4-2)17-9-8-12-19(13-17)30-18-10-6-5-7-11-18/h5-14,16,20H,3-4,15H2,1-2H3,(H,26,27). The van der Waals surface area contributed by atoms with Crippen LogP contribution < -0.4 is 19.5 Å². The molecule has 3 aromatic carbocycles. The van der Waals surface area contributed by atoms with Crippen LogP contribution in [0.5, 0.6) is 23.0 Å². The van der Waals surface area contributed by atoms with E-state index in [0.29, 0.717) is 31.1 Å². The minimum atomic E-state index is -0.0945. The lowest BCUT2D eigenvalue weighted by Crippen LogP contribution is -2.23. The number of rotatable bonds is 7. The first-order chi connectivity index (χ1) is 14.7. The molecule has 0 aliphatic carbocycles. The predicted molar refractivity (Wildman–Crippen MR) is 117 cm³/mol. The van der Waals surface area contributed by atoms with Gasteiger partial charge in [-0.3, -0.25) is 4.79 Å². The van der Waals surface area contributed by atoms with Gasteiger partial charge >= 0.3 is 0 Å². The molecule has 1 N–H and O–H groups in total. The van der Waals surface area contributed by atoms with Crippen molar-refractivity contribution in [3.05, 3.63) is 77.9 Å². The van der Waals surface area contributed by atoms with Crippen molar-refractivity contribution >= 4 is 11.6 Å². The van der Waals surface area contributed by atoms with Crippen molar-refractivity contribution in [2.75, 3.05) is 18.5 Å². The molecule has 1 aliphatic heterocycles. The smallest absolute Gasteiger partial charge is 0.225 e. The molecular formula is C25H25NO4. The van der Waals surface area contributed by atoms with Gasteiger partial charge in [-0.15, -0.1) is 0 Å². The number of hydrogen-bond donors (Lipinski definition) is 1. The topological polar surface area (TPSA) is 56.8 Å². The quantitative estimate of drug-likeness (QED) is 0.546. The van der Waals surface area contributed by atoms with Gasteiger partial charge in [0.15, 0.2) is 11.5 Å². The molecule has 0 spiro atoms. The minimum Gasteiger partial charge on any atom is -0.490 e. The lowest BCUT2D eigenvalue weighted by molar-refractivity contribution is -0.116. The van der Waals surface area contributed by atoms with Gasteiger partial charge in [-0.2, -0.15) is 0 Å². The summed E-state index contributed by atoms with van der Waals surface area (Å²) in [6.07, 6.45) is 0.362. The minimum absolute atomic E-state index is 0.0199. The molecule has 0 bridgehead atoms. The average Bonchev–Trinajstić information content (AvgIpc) is 2.75. The number of anilines is 1. The average molecular weight is 403 g/mol. The molecule has 3 aromatic rings. The van der Waals surface area contributed by atoms with Gasteiger partial charge < -0.3 is 19.5 Å². The molecule has 1 atom stereocenters. The van der Waals surface area contributed by atoms with E-state index in [1.54, 1.807) is 0 Å². The summed E-state index contributed by atoms with van der Waals surface area (Å²) in [5.41, 5.74) is 2.79. The Balaban J connectivity index is 1.71. The van der Waals surface area contributed by atoms with Crippen LogP contribution in [0.25, 0.3) is 0 Å². The van der Waals surface area contributed by atoms with E-state index in [0.717, 1.165) is 28.3 Å². The van der Waals surface area contributed by atoms with E-state index in [1.165, 1.54) is 0 Å². The molecule has 0 fully saturated rings. The maximum atomic E-state index is 12.5. The molecule has 5 nitrogen and oxygen atoms in total. The number of carbonyl (C=O) groups is 1. The highest BCUT2D eigenvalue weighted by Crippen LogP contribution is 2.43. The Labute approximate surface area is 176 Å². The first-order valence-electron chi connectivity index (χ1n) is 10.2. The van der Waals surface area contributed by atoms with Gasteiger partial charge in [-0.1, -0.05) is 30.3 Å². The molecule has 0 saturated carbocycles. The second-order valence-corrected chi connectivity index (χ2v) is 7.04. The molecular weight excluding hydrogens is 378 g/mol. The second kappa shape index (κ2) is 8.91. The molecule has 0 saturated heterocycles. The molecule has 4 rings (SSSR count). The van der Waals surface area contributed by atoms with Crippen LogP contribution in [0.4, 0.5) is 5.69 Å². The Morgan fingerprint density at radius 1 is 0.867 bits per heavy atom. The summed E-state index contributed by atoms with van der Waals surface area (Å²) in [6, 6.07) is 21.4. The lowest BCUT2D eigenvalue weighted by atomic mass is 9.84. The molecule has 1 amide bonds. The van der Waals surface area contributed by atoms with Crippen LogP contribution in [0.3, 0.4) is 0 Å². The van der Waals surface area contributed by atoms with Crippen molar-refractivity contribution in [3.8, 4) is 23.0 Å². The van der Waals surface area contributed by atoms with Crippen LogP contribution in [0.15, 0.2) is 66.7 Å². The van der Waals surface area contributed by atoms with Gasteiger partial charge in [-0.25, -0.2) is 0 Å². The van der Waals surface area contributed by atoms with Crippen LogP contribution in [-0.2, 0) is 4.79 Å². The van der Waals surface area contributed by atoms with Crippen LogP contribution in [0, 0.1) is 0 Å². The summed E-state index contributed by atoms with van der Waals surface area (Å²) < 4.78 is 17.5. The van der Waals surface area contributed by atoms with Gasteiger partial charge in [0.25, 0.3) is 0 Å². The Kier molecular flexibility index (Phi) is 5.89. The van der Waals surface area contributed by atoms with Gasteiger partial charge in [-0.05, 0) is 55.3 Å². The molecule has 30 heavy (non-hydrogen) atoms. The third kappa shape index (κ3) is 4.25. The number of benzene rings is 3. The van der Waals surface area contributed by atoms with E-state index in [-0.39, 0.29) is 11.8 Å². The van der Waals surface area contributed by atoms with E-state index >= 15 is 0 Å². The van der Waals surface area contributed by atoms with Gasteiger partial charge in [0, 0.05) is 24.1 Å². The highest BCUT2D eigenvalue weighted by Gasteiger charge is 2.29. The molecule has 0 radical (unpaired) electrons. The largest absolute Gasteiger partial charge is 0.490 e. The fraction of sp³-hybridized carbons (Fsp3) is 0.240. The fourth-order valence-electron chi connectivity index (χ4n) is 3.72. The highest BCUT2D eigenvalue weighted by atomic mass is 16.5. The predicted octanol–water partition coefficient (Wildman–Crippen LogP) is 5.75. The monoisotopic (exact) mass is 403 g/mol. The fourth-order valence-corrected chi connectivity index (χ4v) is 3.72. The van der Waals surface area contributed by atoms with Crippen LogP contribution >= 0.6 is 0 Å². The number of ether oxygens (including phenoxy) is 3. The zero-order valence-electron chi connectivity index (χ0n) is 17.2. The van der Waals surface area contributed by atoms with Crippen molar-refractivity contribution < 1.29 is 19.0 Å². The second-order valence-electron chi connectivity index (χ2n) is 7.04. The zero-order valence-corrected chi connectivity index (χ0v) is 17.2. The molecule has 1 heterocycles. The Bertz CT molecular complexity index is 1030. The van der Waals surface area contributed by atoms with E-state index in [9.17, 15) is 4.79 Å². The third-order valence-corrected chi connectivity index (χ3v) is 4.99. The summed E-state index contributed by atoms with van der Waals surface area (Å²) >= 11 is 0. The van der Waals surface area contributed by atoms with Crippen molar-refractivity contribution in [3.63, 3.8) is 0 Å². The van der Waals surface area contributed by atoms with E-state index in [1.807, 2.05) is 80.6 Å². The van der Waals surface area contributed by atoms with Gasteiger partial charge in [0.1, 0.15) is 11.5 Å². The van der Waals surface area contributed by atoms with Crippen molar-refractivity contribution in [1.29, 1.82) is 0 Å². The number of carbonyl (C=O) groups excluding carboxylic acids is 1. The summed E-state index contributed by atoms with van der Waals surface area (Å²) in [7, 11) is 0. The number of fused-ring (bicyclic) bond motifs is 1. The summed E-state index contributed by atoms with van der Waals surface area (Å²) in [6.45, 7) is 4.93. The lowest BCUT2D eigenvalue weighted by Gasteiger charge is -2.28. The number of hydrogen-bond acceptors (Lipinski definition) is 4. The number of amides is 1. The SMILES string of the molecule is CCOc1cc2c(cc1OCC)C(c1cccc(Oc3ccccc3)c1)CC(=O)N2. The molecule has 0 aromatic heterocycles. The Morgan fingerprint density at radius 2 is 1.57 bits per heavy atom. The Hall–Kier alpha value is -3.47. The van der Waals surface area contributed by atoms with Crippen molar-refractivity contribution in [2.24, 2.45) is 0 Å². The van der Waals surface area contributed by atoms with Crippen LogP contribution in [-0.4, -0.2) is 19.1 Å². The molecule has 154 valence electrons. The van der Waals surface area contributed by atoms with Crippen molar-refractivity contribution in [2.45, 2.75) is 26.2 Å². The highest BCUT2D eigenvalue weighted by molar-refractivity contribution is 5.96. The van der Waals surface area contributed by atoms with Crippen LogP contribution in [0.2, 0.25) is 0 Å². The zero-order chi connectivity index (χ0) is 20.9. The Morgan fingerprint density at radius 3 is 2.30 bits per heavy atom. The molecule has 5 heteroatoms. The first kappa shape index (κ1) is 19.8. The maximum Gasteiger partial charge on any atom is 0.225 e. The van der Waals surface area contributed by atoms with Gasteiger partial charge in [0.2, 0.25) is 5.91 Å². The maximum absolute atomic E-state index is 12.5. The normalized spacial score (nSPS) is 15.1. The first-order valence-corrected chi connectivity index (χ1v) is 10.2. The third-order valence-electron chi connectivity index (χ3n) is 4.99. The van der Waals surface area contributed by atoms with E-state index < -0.39 is 0 Å². The van der Waals surface area contributed by atoms with E-state index in [4.69, 9.17) is 14.2 Å². The number of para-hydroxylation sites is 1. The number of nitrogens with one attached hydrogen (secondary N) is 1.